The van der Waals surface area contributed by atoms with Gasteiger partial charge in [-0.3, -0.25) is 4.57 Å². The number of nitrogens with zero attached hydrogens (tertiary/aromatic N) is 3. The van der Waals surface area contributed by atoms with Crippen molar-refractivity contribution in [3.05, 3.63) is 67.0 Å². The Hall–Kier alpha value is -2.55. The lowest BCUT2D eigenvalue weighted by Gasteiger charge is -2.17. The van der Waals surface area contributed by atoms with Crippen LogP contribution in [-0.2, 0) is 0 Å². The Morgan fingerprint density at radius 2 is 1.59 bits per heavy atom. The van der Waals surface area contributed by atoms with Crippen molar-refractivity contribution in [2.24, 2.45) is 0 Å². The first kappa shape index (κ1) is 13.1. The summed E-state index contributed by atoms with van der Waals surface area (Å²) >= 11 is 0. The van der Waals surface area contributed by atoms with Crippen LogP contribution in [0.25, 0.3) is 17.1 Å². The Morgan fingerprint density at radius 3 is 2.32 bits per heavy atom. The van der Waals surface area contributed by atoms with Crippen molar-refractivity contribution in [1.29, 1.82) is 0 Å². The molecule has 109 valence electrons. The molecule has 3 aromatic rings. The van der Waals surface area contributed by atoms with E-state index in [0.717, 1.165) is 17.1 Å². The van der Waals surface area contributed by atoms with Crippen molar-refractivity contribution < 1.29 is 0 Å². The average Bonchev–Trinajstić information content (AvgIpc) is 3.28. The van der Waals surface area contributed by atoms with E-state index in [0.29, 0.717) is 0 Å². The lowest BCUT2D eigenvalue weighted by atomic mass is 10.1. The molecule has 1 saturated heterocycles. The summed E-state index contributed by atoms with van der Waals surface area (Å²) in [4.78, 5) is 6.98. The molecule has 0 bridgehead atoms. The molecule has 0 amide bonds. The highest BCUT2D eigenvalue weighted by molar-refractivity contribution is 5.63. The van der Waals surface area contributed by atoms with Gasteiger partial charge in [-0.05, 0) is 55.3 Å². The predicted molar refractivity (Wildman–Crippen MR) is 89.3 cm³/mol. The van der Waals surface area contributed by atoms with Gasteiger partial charge in [-0.15, -0.1) is 0 Å². The molecule has 1 fully saturated rings. The Balaban J connectivity index is 1.67. The molecule has 0 spiro atoms. The van der Waals surface area contributed by atoms with E-state index in [4.69, 9.17) is 0 Å². The molecule has 2 heterocycles. The smallest absolute Gasteiger partial charge is 0.144 e. The first-order chi connectivity index (χ1) is 10.9. The molecule has 0 N–H and O–H groups in total. The van der Waals surface area contributed by atoms with Gasteiger partial charge in [0, 0.05) is 42.4 Å². The van der Waals surface area contributed by atoms with Gasteiger partial charge in [0.25, 0.3) is 0 Å². The van der Waals surface area contributed by atoms with Gasteiger partial charge in [0.15, 0.2) is 0 Å². The molecule has 0 atom stereocenters. The number of rotatable bonds is 3. The van der Waals surface area contributed by atoms with Crippen molar-refractivity contribution in [2.75, 3.05) is 18.0 Å². The number of benzene rings is 2. The maximum absolute atomic E-state index is 4.53. The Morgan fingerprint density at radius 1 is 0.864 bits per heavy atom. The minimum atomic E-state index is 0.971. The zero-order chi connectivity index (χ0) is 14.8. The van der Waals surface area contributed by atoms with Crippen LogP contribution in [0.1, 0.15) is 12.8 Å². The second-order valence-electron chi connectivity index (χ2n) is 5.62. The van der Waals surface area contributed by atoms with Gasteiger partial charge in [0.1, 0.15) is 5.82 Å². The van der Waals surface area contributed by atoms with E-state index in [1.165, 1.54) is 31.6 Å². The predicted octanol–water partition coefficient (Wildman–Crippen LogP) is 3.94. The number of anilines is 1. The zero-order valence-corrected chi connectivity index (χ0v) is 12.4. The van der Waals surface area contributed by atoms with Crippen LogP contribution in [0.15, 0.2) is 60.9 Å². The van der Waals surface area contributed by atoms with E-state index in [-0.39, 0.29) is 0 Å². The minimum Gasteiger partial charge on any atom is -0.372 e. The lowest BCUT2D eigenvalue weighted by molar-refractivity contribution is 0.949. The SMILES string of the molecule is [c]1ccc(-n2ccnc2-c2ccc(N3CCCC3)cc2)cc1. The van der Waals surface area contributed by atoms with Crippen molar-refractivity contribution in [1.82, 2.24) is 9.55 Å². The molecular formula is C19H18N3. The van der Waals surface area contributed by atoms with E-state index in [1.54, 1.807) is 0 Å². The van der Waals surface area contributed by atoms with Crippen LogP contribution in [0.3, 0.4) is 0 Å². The zero-order valence-electron chi connectivity index (χ0n) is 12.4. The second-order valence-corrected chi connectivity index (χ2v) is 5.62. The normalized spacial score (nSPS) is 14.5. The molecule has 1 aromatic heterocycles. The molecule has 1 radical (unpaired) electrons. The summed E-state index contributed by atoms with van der Waals surface area (Å²) < 4.78 is 2.11. The first-order valence-electron chi connectivity index (χ1n) is 7.77. The summed E-state index contributed by atoms with van der Waals surface area (Å²) in [5.41, 5.74) is 3.56. The highest BCUT2D eigenvalue weighted by Crippen LogP contribution is 2.26. The molecule has 0 unspecified atom stereocenters. The summed E-state index contributed by atoms with van der Waals surface area (Å²) in [6.07, 6.45) is 6.45. The van der Waals surface area contributed by atoms with Crippen molar-refractivity contribution >= 4 is 5.69 Å². The second kappa shape index (κ2) is 5.68. The van der Waals surface area contributed by atoms with E-state index in [2.05, 4.69) is 44.8 Å². The largest absolute Gasteiger partial charge is 0.372 e. The van der Waals surface area contributed by atoms with Crippen LogP contribution in [0.5, 0.6) is 0 Å². The molecule has 1 aliphatic heterocycles. The van der Waals surface area contributed by atoms with E-state index >= 15 is 0 Å². The summed E-state index contributed by atoms with van der Waals surface area (Å²) in [7, 11) is 0. The number of imidazole rings is 1. The Kier molecular flexibility index (Phi) is 3.39. The number of hydrogen-bond acceptors (Lipinski definition) is 2. The third-order valence-corrected chi connectivity index (χ3v) is 4.22. The number of hydrogen-bond donors (Lipinski definition) is 0. The van der Waals surface area contributed by atoms with Gasteiger partial charge in [-0.2, -0.15) is 0 Å². The average molecular weight is 288 g/mol. The monoisotopic (exact) mass is 288 g/mol. The third-order valence-electron chi connectivity index (χ3n) is 4.22. The van der Waals surface area contributed by atoms with Crippen molar-refractivity contribution in [3.63, 3.8) is 0 Å². The highest BCUT2D eigenvalue weighted by Gasteiger charge is 2.13. The quantitative estimate of drug-likeness (QED) is 0.728. The van der Waals surface area contributed by atoms with Crippen molar-refractivity contribution in [3.8, 4) is 17.1 Å². The summed E-state index contributed by atoms with van der Waals surface area (Å²) in [5.74, 6) is 0.971. The maximum atomic E-state index is 4.53. The maximum Gasteiger partial charge on any atom is 0.144 e. The summed E-state index contributed by atoms with van der Waals surface area (Å²) in [5, 5.41) is 0. The molecule has 3 nitrogen and oxygen atoms in total. The van der Waals surface area contributed by atoms with Crippen LogP contribution < -0.4 is 4.90 Å². The minimum absolute atomic E-state index is 0.971. The molecule has 4 rings (SSSR count). The fourth-order valence-corrected chi connectivity index (χ4v) is 3.06. The fourth-order valence-electron chi connectivity index (χ4n) is 3.06. The third kappa shape index (κ3) is 2.39. The summed E-state index contributed by atoms with van der Waals surface area (Å²) in [6, 6.07) is 19.7. The van der Waals surface area contributed by atoms with Crippen LogP contribution in [0.2, 0.25) is 0 Å². The number of aromatic nitrogens is 2. The van der Waals surface area contributed by atoms with Crippen LogP contribution in [0, 0.1) is 6.07 Å². The van der Waals surface area contributed by atoms with Gasteiger partial charge < -0.3 is 4.90 Å². The van der Waals surface area contributed by atoms with E-state index in [1.807, 2.05) is 36.7 Å². The Bertz CT molecular complexity index is 738. The van der Waals surface area contributed by atoms with Gasteiger partial charge >= 0.3 is 0 Å². The standard InChI is InChI=1S/C19H18N3/c1-2-6-18(7-3-1)22-15-12-20-19(22)16-8-10-17(11-9-16)21-13-4-5-14-21/h2-3,6-12,15H,4-5,13-14H2. The molecule has 3 heteroatoms. The fraction of sp³-hybridized carbons (Fsp3) is 0.211. The molecule has 1 aliphatic rings. The van der Waals surface area contributed by atoms with Gasteiger partial charge in [0.2, 0.25) is 0 Å². The van der Waals surface area contributed by atoms with Crippen LogP contribution >= 0.6 is 0 Å². The molecule has 2 aromatic carbocycles. The molecule has 0 aliphatic carbocycles. The van der Waals surface area contributed by atoms with Crippen molar-refractivity contribution in [2.45, 2.75) is 12.8 Å². The molecular weight excluding hydrogens is 270 g/mol. The van der Waals surface area contributed by atoms with Gasteiger partial charge in [0.05, 0.1) is 0 Å². The van der Waals surface area contributed by atoms with Crippen LogP contribution in [-0.4, -0.2) is 22.6 Å². The van der Waals surface area contributed by atoms with Crippen LogP contribution in [0.4, 0.5) is 5.69 Å². The van der Waals surface area contributed by atoms with E-state index in [9.17, 15) is 0 Å². The lowest BCUT2D eigenvalue weighted by Crippen LogP contribution is -2.17. The highest BCUT2D eigenvalue weighted by atomic mass is 15.1. The summed E-state index contributed by atoms with van der Waals surface area (Å²) in [6.45, 7) is 2.35. The van der Waals surface area contributed by atoms with Gasteiger partial charge in [-0.1, -0.05) is 12.1 Å². The topological polar surface area (TPSA) is 21.1 Å². The molecule has 0 saturated carbocycles. The Labute approximate surface area is 130 Å². The van der Waals surface area contributed by atoms with Gasteiger partial charge in [-0.25, -0.2) is 4.98 Å². The van der Waals surface area contributed by atoms with E-state index < -0.39 is 0 Å². The molecule has 22 heavy (non-hydrogen) atoms. The first-order valence-corrected chi connectivity index (χ1v) is 7.77.